The largest absolute Gasteiger partial charge is 0.379 e. The molecule has 0 bridgehead atoms. The van der Waals surface area contributed by atoms with Gasteiger partial charge < -0.3 is 20.7 Å². The van der Waals surface area contributed by atoms with Crippen molar-refractivity contribution in [1.29, 1.82) is 0 Å². The molecule has 1 aromatic carbocycles. The number of hydrogen-bond acceptors (Lipinski definition) is 6. The first-order chi connectivity index (χ1) is 13.4. The zero-order valence-electron chi connectivity index (χ0n) is 16.1. The second-order valence-electron chi connectivity index (χ2n) is 7.39. The topological polar surface area (TPSA) is 71.1 Å². The maximum atomic E-state index is 5.65. The smallest absolute Gasteiger partial charge is 0.148 e. The number of nitrogens with one attached hydrogen (secondary N) is 3. The molecule has 0 amide bonds. The van der Waals surface area contributed by atoms with Crippen molar-refractivity contribution < 1.29 is 4.74 Å². The summed E-state index contributed by atoms with van der Waals surface area (Å²) in [6, 6.07) is 15.2. The second kappa shape index (κ2) is 10.7. The lowest BCUT2D eigenvalue weighted by Crippen LogP contribution is -2.51. The molecule has 6 nitrogen and oxygen atoms in total. The quantitative estimate of drug-likeness (QED) is 0.617. The third-order valence-electron chi connectivity index (χ3n) is 5.61. The van der Waals surface area contributed by atoms with Crippen molar-refractivity contribution in [2.75, 3.05) is 38.2 Å². The van der Waals surface area contributed by atoms with E-state index in [0.717, 1.165) is 49.9 Å². The second-order valence-corrected chi connectivity index (χ2v) is 7.39. The van der Waals surface area contributed by atoms with Crippen molar-refractivity contribution >= 4 is 18.2 Å². The first-order valence-electron chi connectivity index (χ1n) is 10.1. The van der Waals surface area contributed by atoms with Gasteiger partial charge in [-0.1, -0.05) is 36.8 Å². The molecule has 3 atom stereocenters. The Hall–Kier alpha value is -1.73. The van der Waals surface area contributed by atoms with Crippen molar-refractivity contribution in [3.63, 3.8) is 0 Å². The van der Waals surface area contributed by atoms with Crippen molar-refractivity contribution in [3.05, 3.63) is 42.5 Å². The fraction of sp³-hybridized carbons (Fsp3) is 0.524. The van der Waals surface area contributed by atoms with Gasteiger partial charge in [0, 0.05) is 37.3 Å². The number of morpholine rings is 1. The van der Waals surface area contributed by atoms with Gasteiger partial charge in [-0.05, 0) is 30.9 Å². The molecule has 2 fully saturated rings. The van der Waals surface area contributed by atoms with Crippen LogP contribution in [0.4, 0.5) is 5.82 Å². The number of aromatic nitrogens is 2. The van der Waals surface area contributed by atoms with Crippen LogP contribution in [0.15, 0.2) is 42.5 Å². The predicted molar refractivity (Wildman–Crippen MR) is 115 cm³/mol. The number of hydrogen-bond donors (Lipinski definition) is 3. The van der Waals surface area contributed by atoms with Crippen molar-refractivity contribution in [3.8, 4) is 11.3 Å². The molecule has 1 aliphatic carbocycles. The normalized spacial score (nSPS) is 24.5. The maximum absolute atomic E-state index is 5.65. The minimum absolute atomic E-state index is 0. The molecular formula is C21H30ClN5O. The SMILES string of the molecule is Cl.c1ccc(-c2ccc(NCCNC3CCCC3C3COCCN3)nn2)cc1. The van der Waals surface area contributed by atoms with Crippen LogP contribution in [0.1, 0.15) is 19.3 Å². The first kappa shape index (κ1) is 21.0. The van der Waals surface area contributed by atoms with Crippen LogP contribution in [0.5, 0.6) is 0 Å². The number of nitrogens with zero attached hydrogens (tertiary/aromatic N) is 2. The molecule has 2 heterocycles. The average Bonchev–Trinajstić information content (AvgIpc) is 3.21. The Morgan fingerprint density at radius 3 is 2.68 bits per heavy atom. The van der Waals surface area contributed by atoms with E-state index in [1.807, 2.05) is 42.5 Å². The van der Waals surface area contributed by atoms with Gasteiger partial charge in [-0.25, -0.2) is 0 Å². The van der Waals surface area contributed by atoms with Crippen LogP contribution in [0.3, 0.4) is 0 Å². The fourth-order valence-corrected chi connectivity index (χ4v) is 4.22. The molecule has 3 N–H and O–H groups in total. The summed E-state index contributed by atoms with van der Waals surface area (Å²) in [5.74, 6) is 1.50. The molecule has 152 valence electrons. The Balaban J connectivity index is 0.00000225. The van der Waals surface area contributed by atoms with E-state index in [0.29, 0.717) is 18.0 Å². The number of anilines is 1. The lowest BCUT2D eigenvalue weighted by Gasteiger charge is -2.33. The van der Waals surface area contributed by atoms with Gasteiger partial charge in [0.2, 0.25) is 0 Å². The molecule has 1 saturated heterocycles. The summed E-state index contributed by atoms with van der Waals surface area (Å²) in [5.41, 5.74) is 1.99. The van der Waals surface area contributed by atoms with Gasteiger partial charge in [0.1, 0.15) is 5.82 Å². The molecule has 1 aromatic heterocycles. The predicted octanol–water partition coefficient (Wildman–Crippen LogP) is 2.72. The molecule has 4 rings (SSSR count). The summed E-state index contributed by atoms with van der Waals surface area (Å²) in [6.45, 7) is 4.45. The van der Waals surface area contributed by atoms with Crippen LogP contribution in [-0.4, -0.2) is 55.1 Å². The maximum Gasteiger partial charge on any atom is 0.148 e. The minimum Gasteiger partial charge on any atom is -0.379 e. The van der Waals surface area contributed by atoms with E-state index >= 15 is 0 Å². The summed E-state index contributed by atoms with van der Waals surface area (Å²) >= 11 is 0. The lowest BCUT2D eigenvalue weighted by atomic mass is 9.94. The Morgan fingerprint density at radius 2 is 1.93 bits per heavy atom. The van der Waals surface area contributed by atoms with Crippen LogP contribution in [0.25, 0.3) is 11.3 Å². The highest BCUT2D eigenvalue weighted by atomic mass is 35.5. The van der Waals surface area contributed by atoms with E-state index in [4.69, 9.17) is 4.74 Å². The Bertz CT molecular complexity index is 694. The van der Waals surface area contributed by atoms with E-state index in [1.54, 1.807) is 0 Å². The van der Waals surface area contributed by atoms with E-state index in [1.165, 1.54) is 19.3 Å². The molecule has 7 heteroatoms. The van der Waals surface area contributed by atoms with E-state index in [-0.39, 0.29) is 12.4 Å². The Labute approximate surface area is 173 Å². The standard InChI is InChI=1S/C21H29N5O.ClH/c1-2-5-16(6-3-1)18-9-10-21(26-25-18)24-12-11-22-19-8-4-7-17(19)20-15-27-14-13-23-20;/h1-3,5-6,9-10,17,19-20,22-23H,4,7-8,11-15H2,(H,24,26);1H. The van der Waals surface area contributed by atoms with E-state index in [2.05, 4.69) is 26.1 Å². The third-order valence-corrected chi connectivity index (χ3v) is 5.61. The first-order valence-corrected chi connectivity index (χ1v) is 10.1. The number of benzene rings is 1. The molecule has 1 saturated carbocycles. The molecule has 28 heavy (non-hydrogen) atoms. The fourth-order valence-electron chi connectivity index (χ4n) is 4.22. The van der Waals surface area contributed by atoms with Gasteiger partial charge in [0.15, 0.2) is 0 Å². The van der Waals surface area contributed by atoms with Crippen molar-refractivity contribution in [1.82, 2.24) is 20.8 Å². The third kappa shape index (κ3) is 5.41. The van der Waals surface area contributed by atoms with Crippen LogP contribution >= 0.6 is 12.4 Å². The summed E-state index contributed by atoms with van der Waals surface area (Å²) < 4.78 is 5.65. The van der Waals surface area contributed by atoms with Crippen LogP contribution in [-0.2, 0) is 4.74 Å². The van der Waals surface area contributed by atoms with Gasteiger partial charge in [0.25, 0.3) is 0 Å². The molecule has 1 aliphatic heterocycles. The molecule has 0 radical (unpaired) electrons. The van der Waals surface area contributed by atoms with Gasteiger partial charge in [0.05, 0.1) is 18.9 Å². The molecule has 3 unspecified atom stereocenters. The number of ether oxygens (including phenoxy) is 1. The average molecular weight is 404 g/mol. The van der Waals surface area contributed by atoms with E-state index < -0.39 is 0 Å². The molecule has 0 spiro atoms. The zero-order valence-corrected chi connectivity index (χ0v) is 17.0. The van der Waals surface area contributed by atoms with Crippen LogP contribution in [0, 0.1) is 5.92 Å². The summed E-state index contributed by atoms with van der Waals surface area (Å²) in [5, 5.41) is 19.3. The van der Waals surface area contributed by atoms with Crippen molar-refractivity contribution in [2.45, 2.75) is 31.3 Å². The van der Waals surface area contributed by atoms with Gasteiger partial charge in [-0.2, -0.15) is 0 Å². The Morgan fingerprint density at radius 1 is 1.04 bits per heavy atom. The monoisotopic (exact) mass is 403 g/mol. The lowest BCUT2D eigenvalue weighted by molar-refractivity contribution is 0.0526. The Kier molecular flexibility index (Phi) is 8.03. The van der Waals surface area contributed by atoms with Crippen molar-refractivity contribution in [2.24, 2.45) is 5.92 Å². The van der Waals surface area contributed by atoms with Crippen LogP contribution < -0.4 is 16.0 Å². The molecule has 2 aliphatic rings. The highest BCUT2D eigenvalue weighted by Gasteiger charge is 2.34. The van der Waals surface area contributed by atoms with Crippen LogP contribution in [0.2, 0.25) is 0 Å². The summed E-state index contributed by atoms with van der Waals surface area (Å²) in [6.07, 6.45) is 3.85. The highest BCUT2D eigenvalue weighted by Crippen LogP contribution is 2.29. The van der Waals surface area contributed by atoms with Gasteiger partial charge in [-0.15, -0.1) is 22.6 Å². The van der Waals surface area contributed by atoms with Gasteiger partial charge in [-0.3, -0.25) is 0 Å². The molecular weight excluding hydrogens is 374 g/mol. The number of rotatable bonds is 7. The van der Waals surface area contributed by atoms with Gasteiger partial charge >= 0.3 is 0 Å². The minimum atomic E-state index is 0. The zero-order chi connectivity index (χ0) is 18.3. The highest BCUT2D eigenvalue weighted by molar-refractivity contribution is 5.85. The number of halogens is 1. The summed E-state index contributed by atoms with van der Waals surface area (Å²) in [7, 11) is 0. The van der Waals surface area contributed by atoms with E-state index in [9.17, 15) is 0 Å². The summed E-state index contributed by atoms with van der Waals surface area (Å²) in [4.78, 5) is 0. The molecule has 2 aromatic rings.